The zero-order valence-corrected chi connectivity index (χ0v) is 10.7. The van der Waals surface area contributed by atoms with Crippen LogP contribution in [0.15, 0.2) is 30.3 Å². The monoisotopic (exact) mass is 258 g/mol. The summed E-state index contributed by atoms with van der Waals surface area (Å²) in [6.07, 6.45) is 0. The lowest BCUT2D eigenvalue weighted by Gasteiger charge is -2.06. The molecule has 6 heteroatoms. The first kappa shape index (κ1) is 12.8. The van der Waals surface area contributed by atoms with Gasteiger partial charge in [0.1, 0.15) is 0 Å². The maximum absolute atomic E-state index is 11.9. The Morgan fingerprint density at radius 2 is 1.84 bits per heavy atom. The zero-order valence-electron chi connectivity index (χ0n) is 10.7. The lowest BCUT2D eigenvalue weighted by molar-refractivity contribution is -0.114. The molecule has 0 bridgehead atoms. The van der Waals surface area contributed by atoms with Crippen LogP contribution in [0.25, 0.3) is 0 Å². The van der Waals surface area contributed by atoms with Crippen LogP contribution in [0.1, 0.15) is 23.1 Å². The number of H-pyrrole nitrogens is 1. The molecule has 0 atom stereocenters. The van der Waals surface area contributed by atoms with Gasteiger partial charge in [0.2, 0.25) is 5.91 Å². The van der Waals surface area contributed by atoms with E-state index < -0.39 is 0 Å². The first-order valence-corrected chi connectivity index (χ1v) is 5.75. The Morgan fingerprint density at radius 3 is 2.42 bits per heavy atom. The molecule has 2 rings (SSSR count). The highest BCUT2D eigenvalue weighted by atomic mass is 16.2. The number of aromatic nitrogens is 2. The highest BCUT2D eigenvalue weighted by Crippen LogP contribution is 2.15. The van der Waals surface area contributed by atoms with Crippen LogP contribution in [0, 0.1) is 6.92 Å². The summed E-state index contributed by atoms with van der Waals surface area (Å²) < 4.78 is 0. The van der Waals surface area contributed by atoms with Crippen molar-refractivity contribution in [2.45, 2.75) is 13.8 Å². The zero-order chi connectivity index (χ0) is 13.8. The molecule has 2 amide bonds. The van der Waals surface area contributed by atoms with E-state index in [0.29, 0.717) is 17.1 Å². The topological polar surface area (TPSA) is 86.9 Å². The molecule has 3 N–H and O–H groups in total. The lowest BCUT2D eigenvalue weighted by Crippen LogP contribution is -2.13. The van der Waals surface area contributed by atoms with Gasteiger partial charge in [0, 0.05) is 24.0 Å². The highest BCUT2D eigenvalue weighted by molar-refractivity contribution is 6.03. The van der Waals surface area contributed by atoms with Gasteiger partial charge in [0.15, 0.2) is 5.69 Å². The van der Waals surface area contributed by atoms with Gasteiger partial charge in [-0.15, -0.1) is 0 Å². The summed E-state index contributed by atoms with van der Waals surface area (Å²) in [7, 11) is 0. The van der Waals surface area contributed by atoms with Crippen molar-refractivity contribution in [2.75, 3.05) is 10.6 Å². The Morgan fingerprint density at radius 1 is 1.16 bits per heavy atom. The Hall–Kier alpha value is -2.63. The van der Waals surface area contributed by atoms with E-state index >= 15 is 0 Å². The minimum Gasteiger partial charge on any atom is -0.326 e. The third kappa shape index (κ3) is 3.41. The van der Waals surface area contributed by atoms with Crippen molar-refractivity contribution < 1.29 is 9.59 Å². The molecule has 98 valence electrons. The molecule has 1 heterocycles. The van der Waals surface area contributed by atoms with Crippen molar-refractivity contribution >= 4 is 23.2 Å². The molecule has 19 heavy (non-hydrogen) atoms. The van der Waals surface area contributed by atoms with E-state index in [1.807, 2.05) is 6.92 Å². The van der Waals surface area contributed by atoms with Crippen LogP contribution in [0.3, 0.4) is 0 Å². The number of hydrogen-bond acceptors (Lipinski definition) is 3. The molecule has 0 aliphatic heterocycles. The van der Waals surface area contributed by atoms with Gasteiger partial charge < -0.3 is 10.6 Å². The fraction of sp³-hybridized carbons (Fsp3) is 0.154. The Bertz CT molecular complexity index is 619. The van der Waals surface area contributed by atoms with Gasteiger partial charge in [-0.05, 0) is 31.2 Å². The fourth-order valence-electron chi connectivity index (χ4n) is 1.61. The number of anilines is 2. The Labute approximate surface area is 110 Å². The van der Waals surface area contributed by atoms with Crippen LogP contribution < -0.4 is 10.6 Å². The number of carbonyl (C=O) groups excluding carboxylic acids is 2. The largest absolute Gasteiger partial charge is 0.326 e. The molecule has 0 fully saturated rings. The molecular formula is C13H14N4O2. The van der Waals surface area contributed by atoms with Gasteiger partial charge in [-0.2, -0.15) is 5.10 Å². The van der Waals surface area contributed by atoms with Crippen LogP contribution in [0.5, 0.6) is 0 Å². The summed E-state index contributed by atoms with van der Waals surface area (Å²) in [5, 5.41) is 11.9. The van der Waals surface area contributed by atoms with E-state index in [-0.39, 0.29) is 11.8 Å². The second-order valence-corrected chi connectivity index (χ2v) is 4.15. The summed E-state index contributed by atoms with van der Waals surface area (Å²) in [5.41, 5.74) is 2.36. The van der Waals surface area contributed by atoms with Crippen molar-refractivity contribution in [3.63, 3.8) is 0 Å². The van der Waals surface area contributed by atoms with Crippen molar-refractivity contribution in [3.8, 4) is 0 Å². The molecule has 6 nitrogen and oxygen atoms in total. The number of aromatic amines is 1. The molecule has 1 aromatic heterocycles. The SMILES string of the molecule is CC(=O)Nc1cccc(NC(=O)c2cc(C)[nH]n2)c1. The predicted octanol–water partition coefficient (Wildman–Crippen LogP) is 1.93. The van der Waals surface area contributed by atoms with Crippen molar-refractivity contribution in [1.29, 1.82) is 0 Å². The van der Waals surface area contributed by atoms with E-state index in [9.17, 15) is 9.59 Å². The van der Waals surface area contributed by atoms with Gasteiger partial charge in [0.25, 0.3) is 5.91 Å². The van der Waals surface area contributed by atoms with Crippen molar-refractivity contribution in [2.24, 2.45) is 0 Å². The Balaban J connectivity index is 2.10. The summed E-state index contributed by atoms with van der Waals surface area (Å²) in [6, 6.07) is 8.57. The molecule has 0 saturated heterocycles. The van der Waals surface area contributed by atoms with Crippen LogP contribution in [-0.4, -0.2) is 22.0 Å². The number of nitrogens with zero attached hydrogens (tertiary/aromatic N) is 1. The summed E-state index contributed by atoms with van der Waals surface area (Å²) in [4.78, 5) is 22.8. The van der Waals surface area contributed by atoms with Crippen LogP contribution in [0.4, 0.5) is 11.4 Å². The first-order valence-electron chi connectivity index (χ1n) is 5.75. The maximum Gasteiger partial charge on any atom is 0.276 e. The number of aryl methyl sites for hydroxylation is 1. The average molecular weight is 258 g/mol. The average Bonchev–Trinajstić information content (AvgIpc) is 2.75. The quantitative estimate of drug-likeness (QED) is 0.786. The van der Waals surface area contributed by atoms with Gasteiger partial charge in [-0.1, -0.05) is 6.07 Å². The minimum atomic E-state index is -0.302. The van der Waals surface area contributed by atoms with Gasteiger partial charge >= 0.3 is 0 Å². The standard InChI is InChI=1S/C13H14N4O2/c1-8-6-12(17-16-8)13(19)15-11-5-3-4-10(7-11)14-9(2)18/h3-7H,1-2H3,(H,14,18)(H,15,19)(H,16,17). The molecular weight excluding hydrogens is 244 g/mol. The van der Waals surface area contributed by atoms with Crippen LogP contribution in [0.2, 0.25) is 0 Å². The third-order valence-electron chi connectivity index (χ3n) is 2.38. The smallest absolute Gasteiger partial charge is 0.276 e. The van der Waals surface area contributed by atoms with Crippen molar-refractivity contribution in [1.82, 2.24) is 10.2 Å². The number of rotatable bonds is 3. The predicted molar refractivity (Wildman–Crippen MR) is 72.0 cm³/mol. The van der Waals surface area contributed by atoms with Crippen LogP contribution >= 0.6 is 0 Å². The summed E-state index contributed by atoms with van der Waals surface area (Å²) >= 11 is 0. The number of benzene rings is 1. The van der Waals surface area contributed by atoms with E-state index in [1.54, 1.807) is 30.3 Å². The molecule has 0 radical (unpaired) electrons. The molecule has 2 aromatic rings. The summed E-state index contributed by atoms with van der Waals surface area (Å²) in [5.74, 6) is -0.462. The highest BCUT2D eigenvalue weighted by Gasteiger charge is 2.09. The fourth-order valence-corrected chi connectivity index (χ4v) is 1.61. The normalized spacial score (nSPS) is 10.0. The van der Waals surface area contributed by atoms with E-state index in [0.717, 1.165) is 5.69 Å². The molecule has 0 aliphatic rings. The van der Waals surface area contributed by atoms with E-state index in [2.05, 4.69) is 20.8 Å². The second kappa shape index (κ2) is 5.34. The number of carbonyl (C=O) groups is 2. The minimum absolute atomic E-state index is 0.161. The van der Waals surface area contributed by atoms with Crippen LogP contribution in [-0.2, 0) is 4.79 Å². The molecule has 0 unspecified atom stereocenters. The van der Waals surface area contributed by atoms with E-state index in [4.69, 9.17) is 0 Å². The number of amides is 2. The lowest BCUT2D eigenvalue weighted by atomic mass is 10.2. The van der Waals surface area contributed by atoms with Gasteiger partial charge in [-0.3, -0.25) is 14.7 Å². The first-order chi connectivity index (χ1) is 9.04. The Kier molecular flexibility index (Phi) is 3.61. The number of hydrogen-bond donors (Lipinski definition) is 3. The van der Waals surface area contributed by atoms with E-state index in [1.165, 1.54) is 6.92 Å². The van der Waals surface area contributed by atoms with Gasteiger partial charge in [0.05, 0.1) is 0 Å². The molecule has 0 aliphatic carbocycles. The number of nitrogens with one attached hydrogen (secondary N) is 3. The third-order valence-corrected chi connectivity index (χ3v) is 2.38. The van der Waals surface area contributed by atoms with Crippen molar-refractivity contribution in [3.05, 3.63) is 41.7 Å². The maximum atomic E-state index is 11.9. The molecule has 0 spiro atoms. The second-order valence-electron chi connectivity index (χ2n) is 4.15. The summed E-state index contributed by atoms with van der Waals surface area (Å²) in [6.45, 7) is 3.25. The molecule has 1 aromatic carbocycles. The van der Waals surface area contributed by atoms with Gasteiger partial charge in [-0.25, -0.2) is 0 Å². The molecule has 0 saturated carbocycles.